The van der Waals surface area contributed by atoms with E-state index in [2.05, 4.69) is 47.6 Å². The highest BCUT2D eigenvalue weighted by Crippen LogP contribution is 2.71. The molecular formula is C32H41F3N8O22P4S2. The first-order chi connectivity index (χ1) is 33.2. The van der Waals surface area contributed by atoms with E-state index in [0.717, 1.165) is 23.2 Å². The second-order valence-corrected chi connectivity index (χ2v) is 22.8. The second kappa shape index (κ2) is 23.3. The first-order valence-electron chi connectivity index (χ1n) is 19.8. The number of hydrogen-bond donors (Lipinski definition) is 10. The minimum absolute atomic E-state index is 0.0705. The Kier molecular flexibility index (Phi) is 18.6. The number of para-hydroxylation sites is 1. The van der Waals surface area contributed by atoms with Crippen molar-refractivity contribution in [3.05, 3.63) is 69.8 Å². The number of aliphatic hydroxyl groups excluding tert-OH is 3. The summed E-state index contributed by atoms with van der Waals surface area (Å²) in [5.74, 6) is 0.231. The lowest BCUT2D eigenvalue weighted by Crippen LogP contribution is -2.41. The van der Waals surface area contributed by atoms with Crippen LogP contribution in [0, 0.1) is 0 Å². The maximum absolute atomic E-state index is 12.9. The van der Waals surface area contributed by atoms with Crippen molar-refractivity contribution in [2.45, 2.75) is 66.8 Å². The van der Waals surface area contributed by atoms with Gasteiger partial charge in [0.2, 0.25) is 0 Å². The topological polar surface area (TPSA) is 423 Å². The standard InChI is InChI=1S/C32H41F3N8O22P4S2/c1-70-12-9-36-25-20-26(41-29(40-25)71-11-8-32(33,34)35)43(15-37-20)27-23(47)21(45)17(60-27)13-58-66(50,51)63-68(54,55)65-69(56,57)64-67(52,53)59-14-18-22(46)24(62-31(49)38-16-5-3-2-4-6-16)28(61-18)42-10-7-19(44)39-30(42)48/h2-7,10,15,17-18,21-24,27-28,45-47H,8-9,11-14H2,1H3,(H,38,49)(H,50,51)(H,52,53)(H,54,55)(H,56,57)(H,36,40,41)(H,39,44,48). The van der Waals surface area contributed by atoms with E-state index in [0.29, 0.717) is 28.6 Å². The number of aromatic amines is 1. The summed E-state index contributed by atoms with van der Waals surface area (Å²) in [5, 5.41) is 37.8. The van der Waals surface area contributed by atoms with E-state index < -0.39 is 129 Å². The van der Waals surface area contributed by atoms with Crippen LogP contribution in [0.4, 0.5) is 29.5 Å². The summed E-state index contributed by atoms with van der Waals surface area (Å²) in [6.45, 7) is -2.20. The highest BCUT2D eigenvalue weighted by Gasteiger charge is 2.51. The van der Waals surface area contributed by atoms with E-state index in [1.807, 2.05) is 11.2 Å². The van der Waals surface area contributed by atoms with Crippen molar-refractivity contribution < 1.29 is 107 Å². The average molecular weight is 1130 g/mol. The van der Waals surface area contributed by atoms with Gasteiger partial charge in [-0.3, -0.25) is 33.3 Å². The molecule has 12 unspecified atom stereocenters. The van der Waals surface area contributed by atoms with E-state index in [1.165, 1.54) is 23.9 Å². The molecule has 10 N–H and O–H groups in total. The van der Waals surface area contributed by atoms with Gasteiger partial charge in [0, 0.05) is 36.0 Å². The monoisotopic (exact) mass is 1130 g/mol. The van der Waals surface area contributed by atoms with Crippen molar-refractivity contribution in [1.82, 2.24) is 29.1 Å². The van der Waals surface area contributed by atoms with Gasteiger partial charge < -0.3 is 54.4 Å². The molecule has 39 heteroatoms. The molecule has 6 rings (SSSR count). The molecule has 0 aliphatic carbocycles. The van der Waals surface area contributed by atoms with Crippen molar-refractivity contribution in [2.75, 3.05) is 48.2 Å². The summed E-state index contributed by atoms with van der Waals surface area (Å²) in [6, 6.07) is 8.53. The van der Waals surface area contributed by atoms with Gasteiger partial charge in [0.05, 0.1) is 26.0 Å². The second-order valence-electron chi connectivity index (χ2n) is 14.5. The summed E-state index contributed by atoms with van der Waals surface area (Å²) >= 11 is 2.12. The van der Waals surface area contributed by atoms with Crippen LogP contribution in [0.1, 0.15) is 18.9 Å². The molecular weight excluding hydrogens is 1090 g/mol. The first-order valence-corrected chi connectivity index (χ1v) is 28.1. The number of H-pyrrole nitrogens is 1. The van der Waals surface area contributed by atoms with Gasteiger partial charge in [-0.25, -0.2) is 42.8 Å². The molecule has 5 heterocycles. The molecule has 2 aliphatic rings. The van der Waals surface area contributed by atoms with E-state index >= 15 is 0 Å². The predicted octanol–water partition coefficient (Wildman–Crippen LogP) is 2.18. The van der Waals surface area contributed by atoms with Gasteiger partial charge in [-0.05, 0) is 18.4 Å². The molecule has 30 nitrogen and oxygen atoms in total. The number of phosphoric acid groups is 4. The number of nitrogens with zero attached hydrogens (tertiary/aromatic N) is 5. The molecule has 0 spiro atoms. The summed E-state index contributed by atoms with van der Waals surface area (Å²) in [7, 11) is -24.7. The number of fused-ring (bicyclic) bond motifs is 1. The molecule has 1 amide bonds. The summed E-state index contributed by atoms with van der Waals surface area (Å²) in [4.78, 5) is 92.0. The number of hydrogen-bond acceptors (Lipinski definition) is 24. The number of nitrogens with one attached hydrogen (secondary N) is 3. The SMILES string of the molecule is CSCCNc1nc(SCCC(F)(F)F)nc2c1ncn2C1OC(COP(=O)(O)OP(=O)(O)OP(=O)(O)OP(=O)(O)OCC2OC(n3ccc(=O)[nH]c3=O)C(OC(=O)Nc3ccccc3)C2O)C(O)C1O. The lowest BCUT2D eigenvalue weighted by molar-refractivity contribution is -0.129. The van der Waals surface area contributed by atoms with Gasteiger partial charge in [-0.1, -0.05) is 30.0 Å². The minimum atomic E-state index is -6.38. The molecule has 2 fully saturated rings. The fourth-order valence-corrected chi connectivity index (χ4v) is 12.4. The van der Waals surface area contributed by atoms with E-state index in [9.17, 15) is 80.7 Å². The number of halogens is 3. The molecule has 4 aromatic rings. The number of phosphoric ester groups is 2. The molecule has 1 aromatic carbocycles. The highest BCUT2D eigenvalue weighted by atomic mass is 32.2. The summed E-state index contributed by atoms with van der Waals surface area (Å²) < 4.78 is 128. The van der Waals surface area contributed by atoms with Gasteiger partial charge in [0.1, 0.15) is 30.5 Å². The van der Waals surface area contributed by atoms with E-state index in [1.54, 1.807) is 18.2 Å². The molecule has 71 heavy (non-hydrogen) atoms. The third-order valence-electron chi connectivity index (χ3n) is 9.35. The van der Waals surface area contributed by atoms with E-state index in [-0.39, 0.29) is 27.8 Å². The Morgan fingerprint density at radius 1 is 0.831 bits per heavy atom. The van der Waals surface area contributed by atoms with Crippen LogP contribution in [0.25, 0.3) is 11.2 Å². The van der Waals surface area contributed by atoms with Gasteiger partial charge in [0.15, 0.2) is 40.7 Å². The predicted molar refractivity (Wildman–Crippen MR) is 236 cm³/mol. The molecule has 0 radical (unpaired) electrons. The Morgan fingerprint density at radius 3 is 2.04 bits per heavy atom. The fraction of sp³-hybridized carbons (Fsp3) is 0.500. The number of aromatic nitrogens is 6. The van der Waals surface area contributed by atoms with Crippen molar-refractivity contribution in [3.63, 3.8) is 0 Å². The Labute approximate surface area is 403 Å². The number of anilines is 2. The van der Waals surface area contributed by atoms with Gasteiger partial charge in [-0.15, -0.1) is 0 Å². The number of benzene rings is 1. The molecule has 394 valence electrons. The van der Waals surface area contributed by atoms with Crippen LogP contribution in [-0.2, 0) is 54.5 Å². The van der Waals surface area contributed by atoms with Crippen LogP contribution in [0.3, 0.4) is 0 Å². The molecule has 3 aromatic heterocycles. The van der Waals surface area contributed by atoms with Crippen molar-refractivity contribution in [2.24, 2.45) is 0 Å². The van der Waals surface area contributed by atoms with Crippen molar-refractivity contribution in [1.29, 1.82) is 0 Å². The number of carbonyl (C=O) groups excluding carboxylic acids is 1. The number of ether oxygens (including phenoxy) is 3. The number of alkyl halides is 3. The summed E-state index contributed by atoms with van der Waals surface area (Å²) in [6.07, 6.45) is -17.8. The van der Waals surface area contributed by atoms with Crippen LogP contribution < -0.4 is 21.9 Å². The lowest BCUT2D eigenvalue weighted by Gasteiger charge is -2.22. The van der Waals surface area contributed by atoms with Gasteiger partial charge in [0.25, 0.3) is 5.56 Å². The first kappa shape index (κ1) is 56.7. The van der Waals surface area contributed by atoms with Gasteiger partial charge in [-0.2, -0.15) is 37.9 Å². The van der Waals surface area contributed by atoms with Crippen molar-refractivity contribution >= 4 is 83.6 Å². The summed E-state index contributed by atoms with van der Waals surface area (Å²) in [5.41, 5.74) is -1.79. The highest BCUT2D eigenvalue weighted by molar-refractivity contribution is 7.99. The number of amides is 1. The van der Waals surface area contributed by atoms with Crippen LogP contribution in [0.2, 0.25) is 0 Å². The van der Waals surface area contributed by atoms with Gasteiger partial charge >= 0.3 is 49.3 Å². The quantitative estimate of drug-likeness (QED) is 0.0220. The maximum Gasteiger partial charge on any atom is 0.490 e. The van der Waals surface area contributed by atoms with Crippen LogP contribution in [0.15, 0.2) is 63.7 Å². The number of rotatable bonds is 23. The third-order valence-corrected chi connectivity index (χ3v) is 16.7. The van der Waals surface area contributed by atoms with Crippen LogP contribution >= 0.6 is 54.8 Å². The zero-order valence-corrected chi connectivity index (χ0v) is 40.9. The molecule has 2 aliphatic heterocycles. The maximum atomic E-state index is 12.9. The van der Waals surface area contributed by atoms with Crippen molar-refractivity contribution in [3.8, 4) is 0 Å². The Hall–Kier alpha value is -3.63. The molecule has 12 atom stereocenters. The minimum Gasteiger partial charge on any atom is -0.438 e. The third kappa shape index (κ3) is 15.7. The molecule has 0 bridgehead atoms. The Bertz CT molecular complexity index is 2840. The lowest BCUT2D eigenvalue weighted by atomic mass is 10.1. The smallest absolute Gasteiger partial charge is 0.438 e. The number of imidazole rings is 1. The van der Waals surface area contributed by atoms with Crippen LogP contribution in [0.5, 0.6) is 0 Å². The molecule has 0 saturated carbocycles. The number of aliphatic hydroxyl groups is 3. The fourth-order valence-electron chi connectivity index (χ4n) is 6.33. The number of thioether (sulfide) groups is 2. The average Bonchev–Trinajstić information content (AvgIpc) is 3.90. The number of carbonyl (C=O) groups is 1. The van der Waals surface area contributed by atoms with E-state index in [4.69, 9.17) is 14.2 Å². The normalized spacial score (nSPS) is 26.0. The Morgan fingerprint density at radius 2 is 1.44 bits per heavy atom. The molecule has 2 saturated heterocycles. The Balaban J connectivity index is 1.05. The largest absolute Gasteiger partial charge is 0.490 e. The zero-order valence-electron chi connectivity index (χ0n) is 35.7. The zero-order chi connectivity index (χ0) is 52.1. The van der Waals surface area contributed by atoms with Crippen LogP contribution in [-0.4, -0.2) is 150 Å².